The van der Waals surface area contributed by atoms with Crippen LogP contribution in [-0.2, 0) is 47.5 Å². The van der Waals surface area contributed by atoms with Gasteiger partial charge in [0.2, 0.25) is 0 Å². The van der Waals surface area contributed by atoms with Gasteiger partial charge in [0.15, 0.2) is 55.7 Å². The van der Waals surface area contributed by atoms with Gasteiger partial charge in [-0.05, 0) is 83.5 Å². The molecule has 0 unspecified atom stereocenters. The number of aliphatic hydroxyl groups excluding tert-OH is 8. The minimum Gasteiger partial charge on any atom is -0.457 e. The predicted molar refractivity (Wildman–Crippen MR) is 446 cm³/mol. The van der Waals surface area contributed by atoms with Crippen LogP contribution < -0.4 is 67.1 Å². The standard InChI is InChI=1S/C14H20N6O4.C14H19N5O5.C11H16N6O4.C11H15N5O5.C11H13N5O4.C10H14N6O5/c1-4-14(7-17-19-16)8(2)11(23-9(3)21)12(24-14)20-6-5-10(15)18-13(20)22;1-4-14(7-16-18-15)8(2)11(23-9(3)20)12(24-14)19-6-5-10(21)17-13(19)22;1-2-11(5-14-16-13)8(19)7(18)9(21-11)17-4-3-6(12)15-10(17)20;1-2-11(5-13-15-12)8(19)7(18)9(21-11)16-4-3-6(17)14-10(16)20;1-2-11(5-13-15-12)8(18)7-9(20-11)16-4-3-6(17)14-10(16)19-7;11-5-1-2-16(9(20)14-5)8-6(18)7(19)10(4-17,21-8)3-13-15-12/h5-6,8,11-12H,4,7H2,1-3H3,(H2,15,18,22);5-6,8,11-12H,4,7H2,1-3H3,(H,17,21,22);3-4,7-9,18-19H,2,5H2,1H3,(H2,12,15,20);3-4,7-9,18-19H,2,5H2,1H3,(H,14,17,20);3-4,7-9,18H,2,5H2,1H3;1-2,6-8,17-19H,3-4H2,(H2,11,14,20)/t2*8-,11-,12+,14-;3*7-,8-,9+,11-;6-,7-,8+,10+/m000000/s1. The molecule has 6 saturated heterocycles. The Morgan fingerprint density at radius 1 is 0.412 bits per heavy atom. The van der Waals surface area contributed by atoms with Gasteiger partial charge in [-0.3, -0.25) is 61.3 Å². The first-order valence-electron chi connectivity index (χ1n) is 39.9. The van der Waals surface area contributed by atoms with Crippen molar-refractivity contribution in [2.45, 2.75) is 226 Å². The summed E-state index contributed by atoms with van der Waals surface area (Å²) in [5.74, 6) is -1.53. The largest absolute Gasteiger partial charge is 0.457 e. The highest BCUT2D eigenvalue weighted by Crippen LogP contribution is 2.49. The molecule has 16 N–H and O–H groups in total. The molecule has 0 amide bonds. The minimum atomic E-state index is -1.70. The molecule has 0 saturated carbocycles. The lowest BCUT2D eigenvalue weighted by molar-refractivity contribution is -0.155. The minimum absolute atomic E-state index is 0.00760. The van der Waals surface area contributed by atoms with Crippen LogP contribution in [0.1, 0.15) is 132 Å². The second-order valence-electron chi connectivity index (χ2n) is 30.4. The summed E-state index contributed by atoms with van der Waals surface area (Å²) in [6.45, 7) is 13.8. The van der Waals surface area contributed by atoms with Gasteiger partial charge in [-0.1, -0.05) is 79.2 Å². The number of azide groups is 6. The summed E-state index contributed by atoms with van der Waals surface area (Å²) in [7, 11) is 0. The molecule has 0 spiro atoms. The van der Waals surface area contributed by atoms with Crippen LogP contribution in [0.15, 0.2) is 143 Å². The summed E-state index contributed by atoms with van der Waals surface area (Å²) in [4.78, 5) is 151. The molecule has 131 heavy (non-hydrogen) atoms. The third-order valence-electron chi connectivity index (χ3n) is 23.2. The van der Waals surface area contributed by atoms with E-state index in [0.29, 0.717) is 19.3 Å². The fourth-order valence-electron chi connectivity index (χ4n) is 15.6. The summed E-state index contributed by atoms with van der Waals surface area (Å²) >= 11 is 0. The second-order valence-corrected chi connectivity index (χ2v) is 30.4. The van der Waals surface area contributed by atoms with Crippen molar-refractivity contribution >= 4 is 29.4 Å². The Labute approximate surface area is 735 Å². The van der Waals surface area contributed by atoms with E-state index in [2.05, 4.69) is 85.1 Å². The molecular weight excluding hydrogens is 1750 g/mol. The van der Waals surface area contributed by atoms with Gasteiger partial charge < -0.3 is 101 Å². The molecule has 13 heterocycles. The number of nitrogens with zero attached hydrogens (tertiary/aromatic N) is 28. The SMILES string of the molecule is CC[C@@]1(CN=[N+]=[N-])O[C@@H](n2ccc(=O)[nH]c2=O)[C@@H](O)[C@@H]1O.CC[C@@]1(CN=[N+]=[N-])O[C@@H](n2ccc(=O)[nH]c2=O)[C@@H](OC(C)=O)[C@@H]1C.CC[C@@]1(CN=[N+]=[N-])O[C@@H](n2ccc(N)nc2=O)[C@@H](O)[C@@H]1O.CC[C@@]1(CN=[N+]=[N-])O[C@@H](n2ccc(N)nc2=O)[C@@H](OC(C)=O)[C@@H]1C.CC[C@@]1(CN=[N+]=[N-])O[C@@H]2[C@@H](Oc3nc(=O)ccn32)[C@@H]1O.[N-]=[N+]=NC[C@]1(CO)O[C@@H](n2ccc(N)nc2=O)[C@@H](O)[C@@H]1O. The number of hydrogen-bond donors (Lipinski definition) is 13. The lowest BCUT2D eigenvalue weighted by Gasteiger charge is -2.30. The number of nitrogens with two attached hydrogens (primary N) is 3. The zero-order chi connectivity index (χ0) is 97.0. The van der Waals surface area contributed by atoms with E-state index in [1.165, 1.54) is 90.5 Å². The van der Waals surface area contributed by atoms with Gasteiger partial charge in [0.1, 0.15) is 82.6 Å². The van der Waals surface area contributed by atoms with Crippen LogP contribution in [0.3, 0.4) is 0 Å². The van der Waals surface area contributed by atoms with Crippen LogP contribution in [0.5, 0.6) is 6.01 Å². The average Bonchev–Trinajstić information content (AvgIpc) is 1.58. The molecule has 0 radical (unpaired) electrons. The highest BCUT2D eigenvalue weighted by Gasteiger charge is 2.61. The number of rotatable bonds is 25. The molecule has 0 aromatic carbocycles. The maximum atomic E-state index is 12.1. The molecule has 0 aliphatic carbocycles. The van der Waals surface area contributed by atoms with E-state index in [1.807, 2.05) is 32.7 Å². The van der Waals surface area contributed by atoms with E-state index in [1.54, 1.807) is 25.3 Å². The molecule has 7 aliphatic rings. The molecule has 7 aliphatic heterocycles. The van der Waals surface area contributed by atoms with Crippen LogP contribution in [0, 0.1) is 11.8 Å². The zero-order valence-corrected chi connectivity index (χ0v) is 71.4. The number of anilines is 3. The Hall–Kier alpha value is -13.7. The van der Waals surface area contributed by atoms with Gasteiger partial charge in [-0.25, -0.2) is 24.0 Å². The van der Waals surface area contributed by atoms with E-state index in [4.69, 9.17) is 93.0 Å². The van der Waals surface area contributed by atoms with Gasteiger partial charge in [-0.15, -0.1) is 0 Å². The van der Waals surface area contributed by atoms with Crippen molar-refractivity contribution in [2.24, 2.45) is 42.5 Å². The van der Waals surface area contributed by atoms with Gasteiger partial charge >= 0.3 is 46.4 Å². The molecule has 60 nitrogen and oxygen atoms in total. The summed E-state index contributed by atoms with van der Waals surface area (Å²) in [6.07, 6.45) is -7.60. The highest BCUT2D eigenvalue weighted by atomic mass is 16.6. The third-order valence-corrected chi connectivity index (χ3v) is 23.2. The Morgan fingerprint density at radius 3 is 1.03 bits per heavy atom. The number of carbonyl (C=O) groups is 2. The van der Waals surface area contributed by atoms with E-state index >= 15 is 0 Å². The maximum Gasteiger partial charge on any atom is 0.351 e. The summed E-state index contributed by atoms with van der Waals surface area (Å²) in [5.41, 5.74) is 55.1. The fraction of sp³-hybridized carbons (Fsp3) is 0.634. The lowest BCUT2D eigenvalue weighted by atomic mass is 9.85. The Bertz CT molecular complexity index is 5790. The van der Waals surface area contributed by atoms with Gasteiger partial charge in [0.25, 0.3) is 16.7 Å². The van der Waals surface area contributed by atoms with E-state index in [9.17, 15) is 88.8 Å². The van der Waals surface area contributed by atoms with Crippen LogP contribution >= 0.6 is 0 Å². The monoisotopic (exact) mass is 1840 g/mol. The Kier molecular flexibility index (Phi) is 34.6. The lowest BCUT2D eigenvalue weighted by Crippen LogP contribution is -2.48. The van der Waals surface area contributed by atoms with Gasteiger partial charge in [-0.2, -0.15) is 19.9 Å². The summed E-state index contributed by atoms with van der Waals surface area (Å²) in [6, 6.07) is 7.85. The van der Waals surface area contributed by atoms with E-state index < -0.39 is 202 Å². The molecular formula is C71H97N33O27. The van der Waals surface area contributed by atoms with Crippen molar-refractivity contribution in [2.75, 3.05) is 63.1 Å². The molecule has 708 valence electrons. The number of aromatic amines is 2. The van der Waals surface area contributed by atoms with Gasteiger partial charge in [0, 0.05) is 111 Å². The highest BCUT2D eigenvalue weighted by molar-refractivity contribution is 5.66. The molecule has 0 bridgehead atoms. The number of aliphatic hydroxyl groups is 8. The quantitative estimate of drug-likeness (QED) is 0.0152. The molecule has 24 atom stereocenters. The van der Waals surface area contributed by atoms with Crippen molar-refractivity contribution < 1.29 is 93.1 Å². The van der Waals surface area contributed by atoms with Crippen LogP contribution in [0.25, 0.3) is 62.7 Å². The number of fused-ring (bicyclic) bond motifs is 3. The number of ether oxygens (including phenoxy) is 9. The molecule has 6 aromatic rings. The molecule has 6 aromatic heterocycles. The number of nitrogens with one attached hydrogen (secondary N) is 2. The second kappa shape index (κ2) is 44.1. The first kappa shape index (κ1) is 103. The average molecular weight is 1840 g/mol. The predicted octanol–water partition coefficient (Wildman–Crippen LogP) is -0.274. The maximum absolute atomic E-state index is 12.1. The molecule has 13 rings (SSSR count). The normalized spacial score (nSPS) is 31.2. The third kappa shape index (κ3) is 22.1. The van der Waals surface area contributed by atoms with E-state index in [-0.39, 0.29) is 80.9 Å². The summed E-state index contributed by atoms with van der Waals surface area (Å²) < 4.78 is 57.8. The van der Waals surface area contributed by atoms with Crippen molar-refractivity contribution in [1.29, 1.82) is 0 Å². The van der Waals surface area contributed by atoms with Crippen molar-refractivity contribution in [1.82, 2.24) is 57.3 Å². The topological polar surface area (TPSA) is 899 Å². The number of H-pyrrole nitrogens is 2. The first-order chi connectivity index (χ1) is 62.1. The van der Waals surface area contributed by atoms with Gasteiger partial charge in [0.05, 0.1) is 57.1 Å². The molecule has 6 fully saturated rings. The van der Waals surface area contributed by atoms with Crippen molar-refractivity contribution in [3.05, 3.63) is 220 Å². The molecule has 60 heteroatoms. The summed E-state index contributed by atoms with van der Waals surface area (Å²) in [5, 5.41) is 101. The first-order valence-corrected chi connectivity index (χ1v) is 39.9. The van der Waals surface area contributed by atoms with Crippen LogP contribution in [0.2, 0.25) is 0 Å². The van der Waals surface area contributed by atoms with Crippen molar-refractivity contribution in [3.63, 3.8) is 0 Å². The number of carbonyl (C=O) groups excluding carboxylic acids is 2. The smallest absolute Gasteiger partial charge is 0.351 e. The Morgan fingerprint density at radius 2 is 0.695 bits per heavy atom. The van der Waals surface area contributed by atoms with Crippen LogP contribution in [-0.4, -0.2) is 251 Å². The number of aromatic nitrogens is 12. The van der Waals surface area contributed by atoms with Crippen molar-refractivity contribution in [3.8, 4) is 6.01 Å². The Balaban J connectivity index is 0.000000194. The number of esters is 2. The number of nitrogen functional groups attached to an aromatic ring is 3. The fourth-order valence-corrected chi connectivity index (χ4v) is 15.6. The zero-order valence-electron chi connectivity index (χ0n) is 71.4. The van der Waals surface area contributed by atoms with Crippen LogP contribution in [0.4, 0.5) is 17.5 Å². The number of hydrogen-bond acceptors (Lipinski definition) is 40. The van der Waals surface area contributed by atoms with E-state index in [0.717, 1.165) is 19.8 Å².